The molecule has 0 spiro atoms. The van der Waals surface area contributed by atoms with Crippen LogP contribution in [-0.2, 0) is 0 Å². The van der Waals surface area contributed by atoms with Gasteiger partial charge in [-0.3, -0.25) is 10.1 Å². The number of aromatic nitrogens is 1. The van der Waals surface area contributed by atoms with E-state index in [-0.39, 0.29) is 16.7 Å². The predicted octanol–water partition coefficient (Wildman–Crippen LogP) is 1.47. The summed E-state index contributed by atoms with van der Waals surface area (Å²) in [5, 5.41) is 10.9. The van der Waals surface area contributed by atoms with Crippen LogP contribution in [0.25, 0.3) is 0 Å². The Morgan fingerprint density at radius 1 is 1.67 bits per heavy atom. The number of pyridine rings is 1. The lowest BCUT2D eigenvalue weighted by Gasteiger charge is -2.18. The molecule has 2 unspecified atom stereocenters. The van der Waals surface area contributed by atoms with E-state index in [1.54, 1.807) is 19.2 Å². The van der Waals surface area contributed by atoms with E-state index >= 15 is 0 Å². The molecule has 0 aromatic carbocycles. The Bertz CT molecular complexity index is 461. The van der Waals surface area contributed by atoms with Gasteiger partial charge in [-0.15, -0.1) is 0 Å². The molecule has 6 nitrogen and oxygen atoms in total. The van der Waals surface area contributed by atoms with Crippen molar-refractivity contribution >= 4 is 11.5 Å². The summed E-state index contributed by atoms with van der Waals surface area (Å²) in [6.45, 7) is 5.38. The zero-order valence-electron chi connectivity index (χ0n) is 10.7. The minimum atomic E-state index is -0.361. The summed E-state index contributed by atoms with van der Waals surface area (Å²) in [6, 6.07) is 1.70. The zero-order chi connectivity index (χ0) is 13.3. The van der Waals surface area contributed by atoms with Crippen molar-refractivity contribution in [3.05, 3.63) is 27.9 Å². The van der Waals surface area contributed by atoms with E-state index in [9.17, 15) is 10.1 Å². The maximum Gasteiger partial charge on any atom is 0.277 e. The van der Waals surface area contributed by atoms with Crippen LogP contribution in [0, 0.1) is 23.0 Å². The second-order valence-electron chi connectivity index (χ2n) is 4.94. The third-order valence-electron chi connectivity index (χ3n) is 3.55. The predicted molar refractivity (Wildman–Crippen MR) is 69.6 cm³/mol. The Hall–Kier alpha value is -1.69. The normalized spacial score (nSPS) is 21.1. The highest BCUT2D eigenvalue weighted by molar-refractivity contribution is 5.51. The van der Waals surface area contributed by atoms with Crippen molar-refractivity contribution in [1.82, 2.24) is 4.98 Å². The van der Waals surface area contributed by atoms with Crippen LogP contribution in [0.15, 0.2) is 12.3 Å². The third kappa shape index (κ3) is 2.43. The standard InChI is InChI=1S/C12H18N4O2/c1-8-6-14-12(5-11(8)16(17)18)15-4-3-10(7-15)9(2)13/h5-6,9-10H,3-4,7,13H2,1-2H3. The van der Waals surface area contributed by atoms with Gasteiger partial charge in [-0.2, -0.15) is 0 Å². The van der Waals surface area contributed by atoms with Gasteiger partial charge >= 0.3 is 0 Å². The summed E-state index contributed by atoms with van der Waals surface area (Å²) < 4.78 is 0. The van der Waals surface area contributed by atoms with Gasteiger partial charge in [0, 0.05) is 30.9 Å². The van der Waals surface area contributed by atoms with E-state index in [0.717, 1.165) is 19.5 Å². The maximum absolute atomic E-state index is 10.9. The van der Waals surface area contributed by atoms with Gasteiger partial charge in [-0.25, -0.2) is 4.98 Å². The van der Waals surface area contributed by atoms with Crippen molar-refractivity contribution in [3.63, 3.8) is 0 Å². The first-order chi connectivity index (χ1) is 8.49. The number of rotatable bonds is 3. The lowest BCUT2D eigenvalue weighted by Crippen LogP contribution is -2.30. The summed E-state index contributed by atoms with van der Waals surface area (Å²) >= 11 is 0. The molecule has 1 fully saturated rings. The van der Waals surface area contributed by atoms with Crippen molar-refractivity contribution in [2.45, 2.75) is 26.3 Å². The molecule has 0 amide bonds. The van der Waals surface area contributed by atoms with Crippen LogP contribution >= 0.6 is 0 Å². The molecule has 0 aliphatic carbocycles. The van der Waals surface area contributed by atoms with Gasteiger partial charge in [0.05, 0.1) is 11.0 Å². The van der Waals surface area contributed by atoms with E-state index in [1.807, 2.05) is 6.92 Å². The van der Waals surface area contributed by atoms with Gasteiger partial charge in [-0.05, 0) is 26.2 Å². The van der Waals surface area contributed by atoms with Gasteiger partial charge in [0.25, 0.3) is 5.69 Å². The molecule has 18 heavy (non-hydrogen) atoms. The molecule has 2 N–H and O–H groups in total. The van der Waals surface area contributed by atoms with Crippen molar-refractivity contribution in [2.24, 2.45) is 11.7 Å². The van der Waals surface area contributed by atoms with Gasteiger partial charge < -0.3 is 10.6 Å². The zero-order valence-corrected chi connectivity index (χ0v) is 10.7. The van der Waals surface area contributed by atoms with Crippen LogP contribution in [-0.4, -0.2) is 29.0 Å². The van der Waals surface area contributed by atoms with Crippen LogP contribution in [0.2, 0.25) is 0 Å². The molecule has 1 aromatic heterocycles. The number of anilines is 1. The van der Waals surface area contributed by atoms with Crippen LogP contribution in [0.3, 0.4) is 0 Å². The first kappa shape index (κ1) is 12.8. The number of nitrogens with zero attached hydrogens (tertiary/aromatic N) is 3. The van der Waals surface area contributed by atoms with Crippen LogP contribution in [0.1, 0.15) is 18.9 Å². The van der Waals surface area contributed by atoms with E-state index in [1.165, 1.54) is 0 Å². The summed E-state index contributed by atoms with van der Waals surface area (Å²) in [6.07, 6.45) is 2.58. The molecular formula is C12H18N4O2. The average molecular weight is 250 g/mol. The Kier molecular flexibility index (Phi) is 3.47. The van der Waals surface area contributed by atoms with Gasteiger partial charge in [0.15, 0.2) is 0 Å². The Morgan fingerprint density at radius 2 is 2.39 bits per heavy atom. The van der Waals surface area contributed by atoms with E-state index in [2.05, 4.69) is 9.88 Å². The Labute approximate surface area is 106 Å². The summed E-state index contributed by atoms with van der Waals surface area (Å²) in [4.78, 5) is 16.9. The molecule has 0 bridgehead atoms. The molecule has 2 rings (SSSR count). The van der Waals surface area contributed by atoms with Crippen molar-refractivity contribution in [1.29, 1.82) is 0 Å². The van der Waals surface area contributed by atoms with E-state index in [4.69, 9.17) is 5.73 Å². The highest BCUT2D eigenvalue weighted by Gasteiger charge is 2.27. The largest absolute Gasteiger partial charge is 0.356 e. The molecule has 98 valence electrons. The first-order valence-electron chi connectivity index (χ1n) is 6.10. The molecule has 0 radical (unpaired) electrons. The second kappa shape index (κ2) is 4.89. The molecule has 1 saturated heterocycles. The number of nitrogens with two attached hydrogens (primary N) is 1. The van der Waals surface area contributed by atoms with E-state index in [0.29, 0.717) is 17.3 Å². The Balaban J connectivity index is 2.20. The fraction of sp³-hybridized carbons (Fsp3) is 0.583. The van der Waals surface area contributed by atoms with Crippen LogP contribution in [0.4, 0.5) is 11.5 Å². The molecule has 1 aromatic rings. The topological polar surface area (TPSA) is 85.3 Å². The maximum atomic E-state index is 10.9. The number of hydrogen-bond donors (Lipinski definition) is 1. The molecule has 1 aliphatic rings. The summed E-state index contributed by atoms with van der Waals surface area (Å²) in [5.74, 6) is 1.11. The van der Waals surface area contributed by atoms with Crippen molar-refractivity contribution in [2.75, 3.05) is 18.0 Å². The highest BCUT2D eigenvalue weighted by atomic mass is 16.6. The summed E-state index contributed by atoms with van der Waals surface area (Å²) in [7, 11) is 0. The molecule has 2 atom stereocenters. The SMILES string of the molecule is Cc1cnc(N2CCC(C(C)N)C2)cc1[N+](=O)[O-]. The monoisotopic (exact) mass is 250 g/mol. The third-order valence-corrected chi connectivity index (χ3v) is 3.55. The fourth-order valence-electron chi connectivity index (χ4n) is 2.30. The summed E-state index contributed by atoms with van der Waals surface area (Å²) in [5.41, 5.74) is 6.60. The Morgan fingerprint density at radius 3 is 2.94 bits per heavy atom. The average Bonchev–Trinajstić information content (AvgIpc) is 2.78. The van der Waals surface area contributed by atoms with Gasteiger partial charge in [0.1, 0.15) is 5.82 Å². The lowest BCUT2D eigenvalue weighted by atomic mass is 10.0. The van der Waals surface area contributed by atoms with Crippen molar-refractivity contribution in [3.8, 4) is 0 Å². The van der Waals surface area contributed by atoms with Crippen LogP contribution < -0.4 is 10.6 Å². The molecule has 1 aliphatic heterocycles. The highest BCUT2D eigenvalue weighted by Crippen LogP contribution is 2.27. The minimum Gasteiger partial charge on any atom is -0.356 e. The molecule has 0 saturated carbocycles. The number of hydrogen-bond acceptors (Lipinski definition) is 5. The molecule has 2 heterocycles. The van der Waals surface area contributed by atoms with Crippen molar-refractivity contribution < 1.29 is 4.92 Å². The second-order valence-corrected chi connectivity index (χ2v) is 4.94. The number of nitro groups is 1. The quantitative estimate of drug-likeness (QED) is 0.648. The lowest BCUT2D eigenvalue weighted by molar-refractivity contribution is -0.385. The van der Waals surface area contributed by atoms with Crippen LogP contribution in [0.5, 0.6) is 0 Å². The molecule has 6 heteroatoms. The van der Waals surface area contributed by atoms with E-state index < -0.39 is 0 Å². The van der Waals surface area contributed by atoms with Gasteiger partial charge in [0.2, 0.25) is 0 Å². The fourth-order valence-corrected chi connectivity index (χ4v) is 2.30. The first-order valence-corrected chi connectivity index (χ1v) is 6.10. The molecular weight excluding hydrogens is 232 g/mol. The van der Waals surface area contributed by atoms with Gasteiger partial charge in [-0.1, -0.05) is 0 Å². The number of aryl methyl sites for hydroxylation is 1. The smallest absolute Gasteiger partial charge is 0.277 e. The minimum absolute atomic E-state index is 0.129.